The van der Waals surface area contributed by atoms with E-state index in [1.165, 1.54) is 0 Å². The molecule has 0 atom stereocenters. The predicted molar refractivity (Wildman–Crippen MR) is 93.7 cm³/mol. The lowest BCUT2D eigenvalue weighted by atomic mass is 10.2. The zero-order chi connectivity index (χ0) is 16.4. The molecule has 0 aliphatic carbocycles. The Morgan fingerprint density at radius 2 is 1.78 bits per heavy atom. The smallest absolute Gasteiger partial charge is 0.152 e. The highest BCUT2D eigenvalue weighted by Gasteiger charge is 2.11. The molecule has 3 rings (SSSR count). The average Bonchev–Trinajstić information content (AvgIpc) is 2.93. The number of carbonyl (C=O) groups is 1. The van der Waals surface area contributed by atoms with Gasteiger partial charge in [0.2, 0.25) is 0 Å². The highest BCUT2D eigenvalue weighted by Crippen LogP contribution is 2.28. The lowest BCUT2D eigenvalue weighted by Crippen LogP contribution is -1.99. The summed E-state index contributed by atoms with van der Waals surface area (Å²) in [4.78, 5) is 11.3. The van der Waals surface area contributed by atoms with Gasteiger partial charge in [-0.1, -0.05) is 22.0 Å². The van der Waals surface area contributed by atoms with Crippen molar-refractivity contribution in [2.75, 3.05) is 14.2 Å². The molecule has 5 heteroatoms. The first-order valence-electron chi connectivity index (χ1n) is 7.10. The predicted octanol–water partition coefficient (Wildman–Crippen LogP) is 4.28. The van der Waals surface area contributed by atoms with E-state index in [0.717, 1.165) is 38.7 Å². The van der Waals surface area contributed by atoms with Crippen LogP contribution in [0.25, 0.3) is 10.9 Å². The SMILES string of the molecule is COc1ccc(Cn2cc(C=O)c3ccc(OC)cc32)c(Br)c1. The van der Waals surface area contributed by atoms with Gasteiger partial charge in [0.1, 0.15) is 11.5 Å². The Labute approximate surface area is 142 Å². The van der Waals surface area contributed by atoms with Gasteiger partial charge in [0.15, 0.2) is 6.29 Å². The number of hydrogen-bond acceptors (Lipinski definition) is 3. The van der Waals surface area contributed by atoms with Crippen LogP contribution in [0.2, 0.25) is 0 Å². The van der Waals surface area contributed by atoms with Crippen LogP contribution in [-0.2, 0) is 6.54 Å². The summed E-state index contributed by atoms with van der Waals surface area (Å²) in [5, 5.41) is 0.922. The van der Waals surface area contributed by atoms with E-state index in [0.29, 0.717) is 12.1 Å². The second-order valence-corrected chi connectivity index (χ2v) is 6.02. The third-order valence-electron chi connectivity index (χ3n) is 3.85. The van der Waals surface area contributed by atoms with E-state index in [2.05, 4.69) is 15.9 Å². The van der Waals surface area contributed by atoms with Crippen LogP contribution in [0.5, 0.6) is 11.5 Å². The molecule has 2 aromatic carbocycles. The van der Waals surface area contributed by atoms with Crippen molar-refractivity contribution in [2.24, 2.45) is 0 Å². The van der Waals surface area contributed by atoms with E-state index >= 15 is 0 Å². The quantitative estimate of drug-likeness (QED) is 0.626. The monoisotopic (exact) mass is 373 g/mol. The zero-order valence-corrected chi connectivity index (χ0v) is 14.5. The van der Waals surface area contributed by atoms with Crippen LogP contribution in [0, 0.1) is 0 Å². The number of aldehydes is 1. The van der Waals surface area contributed by atoms with Crippen molar-refractivity contribution in [2.45, 2.75) is 6.54 Å². The molecule has 0 saturated heterocycles. The van der Waals surface area contributed by atoms with Crippen LogP contribution >= 0.6 is 15.9 Å². The minimum atomic E-state index is 0.641. The van der Waals surface area contributed by atoms with E-state index in [4.69, 9.17) is 9.47 Å². The molecule has 0 spiro atoms. The number of rotatable bonds is 5. The van der Waals surface area contributed by atoms with Crippen molar-refractivity contribution >= 4 is 33.1 Å². The van der Waals surface area contributed by atoms with Crippen LogP contribution in [0.4, 0.5) is 0 Å². The number of nitrogens with zero attached hydrogens (tertiary/aromatic N) is 1. The van der Waals surface area contributed by atoms with Gasteiger partial charge < -0.3 is 14.0 Å². The Morgan fingerprint density at radius 1 is 1.09 bits per heavy atom. The molecule has 3 aromatic rings. The zero-order valence-electron chi connectivity index (χ0n) is 12.9. The summed E-state index contributed by atoms with van der Waals surface area (Å²) < 4.78 is 13.5. The molecule has 0 saturated carbocycles. The Kier molecular flexibility index (Phi) is 4.39. The van der Waals surface area contributed by atoms with Crippen LogP contribution < -0.4 is 9.47 Å². The number of methoxy groups -OCH3 is 2. The van der Waals surface area contributed by atoms with Gasteiger partial charge in [0.05, 0.1) is 19.7 Å². The van der Waals surface area contributed by atoms with Gasteiger partial charge in [0.25, 0.3) is 0 Å². The van der Waals surface area contributed by atoms with Gasteiger partial charge in [-0.2, -0.15) is 0 Å². The first-order chi connectivity index (χ1) is 11.2. The van der Waals surface area contributed by atoms with Crippen molar-refractivity contribution in [1.29, 1.82) is 0 Å². The normalized spacial score (nSPS) is 10.7. The number of benzene rings is 2. The highest BCUT2D eigenvalue weighted by atomic mass is 79.9. The number of carbonyl (C=O) groups excluding carboxylic acids is 1. The summed E-state index contributed by atoms with van der Waals surface area (Å²) in [5.74, 6) is 1.57. The van der Waals surface area contributed by atoms with Crippen LogP contribution in [0.15, 0.2) is 47.1 Å². The lowest BCUT2D eigenvalue weighted by Gasteiger charge is -2.10. The molecular formula is C18H16BrNO3. The van der Waals surface area contributed by atoms with Gasteiger partial charge in [-0.15, -0.1) is 0 Å². The largest absolute Gasteiger partial charge is 0.497 e. The van der Waals surface area contributed by atoms with E-state index in [1.807, 2.05) is 47.2 Å². The minimum absolute atomic E-state index is 0.641. The number of ether oxygens (including phenoxy) is 2. The van der Waals surface area contributed by atoms with E-state index in [1.54, 1.807) is 14.2 Å². The van der Waals surface area contributed by atoms with Crippen molar-refractivity contribution in [3.63, 3.8) is 0 Å². The maximum absolute atomic E-state index is 11.3. The van der Waals surface area contributed by atoms with E-state index in [9.17, 15) is 4.79 Å². The summed E-state index contributed by atoms with van der Waals surface area (Å²) >= 11 is 3.57. The van der Waals surface area contributed by atoms with E-state index < -0.39 is 0 Å². The minimum Gasteiger partial charge on any atom is -0.497 e. The van der Waals surface area contributed by atoms with Gasteiger partial charge >= 0.3 is 0 Å². The summed E-state index contributed by atoms with van der Waals surface area (Å²) in [5.41, 5.74) is 2.74. The first kappa shape index (κ1) is 15.6. The molecule has 118 valence electrons. The summed E-state index contributed by atoms with van der Waals surface area (Å²) in [6.45, 7) is 0.641. The maximum Gasteiger partial charge on any atom is 0.152 e. The van der Waals surface area contributed by atoms with Gasteiger partial charge in [-0.3, -0.25) is 4.79 Å². The molecule has 0 N–H and O–H groups in total. The number of halogens is 1. The van der Waals surface area contributed by atoms with Crippen molar-refractivity contribution in [3.8, 4) is 11.5 Å². The lowest BCUT2D eigenvalue weighted by molar-refractivity contribution is 0.112. The third kappa shape index (κ3) is 2.97. The van der Waals surface area contributed by atoms with Crippen LogP contribution in [-0.4, -0.2) is 25.1 Å². The topological polar surface area (TPSA) is 40.5 Å². The Morgan fingerprint density at radius 3 is 2.43 bits per heavy atom. The first-order valence-corrected chi connectivity index (χ1v) is 7.90. The Bertz CT molecular complexity index is 870. The molecule has 23 heavy (non-hydrogen) atoms. The molecule has 0 aliphatic rings. The molecule has 0 radical (unpaired) electrons. The van der Waals surface area contributed by atoms with Crippen LogP contribution in [0.1, 0.15) is 15.9 Å². The van der Waals surface area contributed by atoms with Gasteiger partial charge in [-0.05, 0) is 29.8 Å². The van der Waals surface area contributed by atoms with Gasteiger partial charge in [-0.25, -0.2) is 0 Å². The summed E-state index contributed by atoms with van der Waals surface area (Å²) in [6, 6.07) is 11.6. The summed E-state index contributed by atoms with van der Waals surface area (Å²) in [7, 11) is 3.28. The second-order valence-electron chi connectivity index (χ2n) is 5.17. The molecule has 4 nitrogen and oxygen atoms in total. The molecule has 0 fully saturated rings. The summed E-state index contributed by atoms with van der Waals surface area (Å²) in [6.07, 6.45) is 2.75. The van der Waals surface area contributed by atoms with Crippen LogP contribution in [0.3, 0.4) is 0 Å². The molecule has 0 unspecified atom stereocenters. The highest BCUT2D eigenvalue weighted by molar-refractivity contribution is 9.10. The third-order valence-corrected chi connectivity index (χ3v) is 4.59. The maximum atomic E-state index is 11.3. The van der Waals surface area contributed by atoms with Gasteiger partial charge in [0, 0.05) is 34.2 Å². The Hall–Kier alpha value is -2.27. The van der Waals surface area contributed by atoms with E-state index in [-0.39, 0.29) is 0 Å². The van der Waals surface area contributed by atoms with Crippen molar-refractivity contribution < 1.29 is 14.3 Å². The van der Waals surface area contributed by atoms with Crippen molar-refractivity contribution in [3.05, 3.63) is 58.2 Å². The number of aromatic nitrogens is 1. The molecule has 0 bridgehead atoms. The molecule has 0 aliphatic heterocycles. The standard InChI is InChI=1S/C18H16BrNO3/c1-22-14-4-3-12(17(19)7-14)9-20-10-13(11-21)16-6-5-15(23-2)8-18(16)20/h3-8,10-11H,9H2,1-2H3. The Balaban J connectivity index is 2.07. The second kappa shape index (κ2) is 6.46. The fourth-order valence-corrected chi connectivity index (χ4v) is 3.10. The fraction of sp³-hybridized carbons (Fsp3) is 0.167. The molecule has 1 aromatic heterocycles. The number of hydrogen-bond donors (Lipinski definition) is 0. The number of fused-ring (bicyclic) bond motifs is 1. The molecule has 1 heterocycles. The molecule has 0 amide bonds. The fourth-order valence-electron chi connectivity index (χ4n) is 2.62. The average molecular weight is 374 g/mol. The molecular weight excluding hydrogens is 358 g/mol. The van der Waals surface area contributed by atoms with Crippen molar-refractivity contribution in [1.82, 2.24) is 4.57 Å².